The fourth-order valence-electron chi connectivity index (χ4n) is 1.63. The Kier molecular flexibility index (Phi) is 2.90. The van der Waals surface area contributed by atoms with Gasteiger partial charge in [0.2, 0.25) is 0 Å². The van der Waals surface area contributed by atoms with Crippen LogP contribution < -0.4 is 5.73 Å². The third-order valence-corrected chi connectivity index (χ3v) is 2.15. The summed E-state index contributed by atoms with van der Waals surface area (Å²) in [4.78, 5) is 0. The number of aliphatic hydroxyl groups excluding tert-OH is 1. The second-order valence-electron chi connectivity index (χ2n) is 3.28. The highest BCUT2D eigenvalue weighted by Crippen LogP contribution is 2.24. The lowest BCUT2D eigenvalue weighted by Gasteiger charge is -2.15. The zero-order valence-electron chi connectivity index (χ0n) is 7.91. The Labute approximate surface area is 77.8 Å². The monoisotopic (exact) mass is 181 g/mol. The second kappa shape index (κ2) is 3.77. The summed E-state index contributed by atoms with van der Waals surface area (Å²) < 4.78 is 0. The molecule has 0 bridgehead atoms. The molecule has 0 fully saturated rings. The van der Waals surface area contributed by atoms with Crippen molar-refractivity contribution in [2.24, 2.45) is 5.73 Å². The van der Waals surface area contributed by atoms with Gasteiger partial charge in [-0.25, -0.2) is 0 Å². The standard InChI is InChI=1S/C10H15NO2/c1-6-3-8(13)4-7(2)10(6)9(11)5-12/h3-4,9,12-13H,5,11H2,1-2H3/t9-/m1/s1. The Morgan fingerprint density at radius 2 is 1.77 bits per heavy atom. The summed E-state index contributed by atoms with van der Waals surface area (Å²) in [5.74, 6) is 0.240. The summed E-state index contributed by atoms with van der Waals surface area (Å²) in [5.41, 5.74) is 8.46. The normalized spacial score (nSPS) is 12.9. The lowest BCUT2D eigenvalue weighted by Crippen LogP contribution is -2.17. The number of aromatic hydroxyl groups is 1. The molecule has 1 aromatic rings. The summed E-state index contributed by atoms with van der Waals surface area (Å²) in [6.45, 7) is 3.67. The second-order valence-corrected chi connectivity index (χ2v) is 3.28. The van der Waals surface area contributed by atoms with E-state index in [1.54, 1.807) is 12.1 Å². The molecule has 1 atom stereocenters. The third-order valence-electron chi connectivity index (χ3n) is 2.15. The summed E-state index contributed by atoms with van der Waals surface area (Å²) in [5, 5.41) is 18.2. The van der Waals surface area contributed by atoms with Crippen molar-refractivity contribution in [1.82, 2.24) is 0 Å². The maximum atomic E-state index is 9.27. The Balaban J connectivity index is 3.20. The van der Waals surface area contributed by atoms with Crippen LogP contribution in [-0.2, 0) is 0 Å². The first kappa shape index (κ1) is 10.0. The molecule has 72 valence electrons. The SMILES string of the molecule is Cc1cc(O)cc(C)c1[C@H](N)CO. The van der Waals surface area contributed by atoms with Gasteiger partial charge in [0.15, 0.2) is 0 Å². The van der Waals surface area contributed by atoms with E-state index >= 15 is 0 Å². The molecule has 1 aromatic carbocycles. The predicted molar refractivity (Wildman–Crippen MR) is 51.6 cm³/mol. The van der Waals surface area contributed by atoms with Gasteiger partial charge in [-0.1, -0.05) is 0 Å². The van der Waals surface area contributed by atoms with Crippen molar-refractivity contribution >= 4 is 0 Å². The van der Waals surface area contributed by atoms with Gasteiger partial charge in [-0.3, -0.25) is 0 Å². The fourth-order valence-corrected chi connectivity index (χ4v) is 1.63. The van der Waals surface area contributed by atoms with Gasteiger partial charge in [-0.15, -0.1) is 0 Å². The van der Waals surface area contributed by atoms with E-state index in [1.165, 1.54) is 0 Å². The van der Waals surface area contributed by atoms with E-state index in [1.807, 2.05) is 13.8 Å². The van der Waals surface area contributed by atoms with Crippen molar-refractivity contribution in [3.8, 4) is 5.75 Å². The Morgan fingerprint density at radius 3 is 2.15 bits per heavy atom. The van der Waals surface area contributed by atoms with Crippen LogP contribution in [0.1, 0.15) is 22.7 Å². The molecule has 3 heteroatoms. The lowest BCUT2D eigenvalue weighted by molar-refractivity contribution is 0.267. The molecule has 0 amide bonds. The van der Waals surface area contributed by atoms with Crippen molar-refractivity contribution in [2.45, 2.75) is 19.9 Å². The molecule has 0 heterocycles. The van der Waals surface area contributed by atoms with Gasteiger partial charge < -0.3 is 15.9 Å². The topological polar surface area (TPSA) is 66.5 Å². The number of rotatable bonds is 2. The highest BCUT2D eigenvalue weighted by atomic mass is 16.3. The minimum Gasteiger partial charge on any atom is -0.508 e. The maximum Gasteiger partial charge on any atom is 0.116 e. The van der Waals surface area contributed by atoms with Gasteiger partial charge in [0.25, 0.3) is 0 Å². The Hall–Kier alpha value is -1.06. The largest absolute Gasteiger partial charge is 0.508 e. The molecule has 1 rings (SSSR count). The molecule has 13 heavy (non-hydrogen) atoms. The molecule has 0 radical (unpaired) electrons. The number of aryl methyl sites for hydroxylation is 2. The van der Waals surface area contributed by atoms with Gasteiger partial charge in [-0.05, 0) is 42.7 Å². The first-order valence-corrected chi connectivity index (χ1v) is 4.22. The van der Waals surface area contributed by atoms with Crippen molar-refractivity contribution < 1.29 is 10.2 Å². The molecule has 0 aliphatic rings. The molecule has 0 aliphatic heterocycles. The molecule has 0 unspecified atom stereocenters. The lowest BCUT2D eigenvalue weighted by atomic mass is 9.97. The first-order valence-electron chi connectivity index (χ1n) is 4.22. The molecule has 0 saturated heterocycles. The molecular formula is C10H15NO2. The number of hydrogen-bond donors (Lipinski definition) is 3. The number of nitrogens with two attached hydrogens (primary N) is 1. The van der Waals surface area contributed by atoms with E-state index in [2.05, 4.69) is 0 Å². The van der Waals surface area contributed by atoms with Gasteiger partial charge in [0.05, 0.1) is 12.6 Å². The predicted octanol–water partition coefficient (Wildman–Crippen LogP) is 1.00. The van der Waals surface area contributed by atoms with Crippen molar-refractivity contribution in [3.63, 3.8) is 0 Å². The molecule has 0 aromatic heterocycles. The van der Waals surface area contributed by atoms with Crippen molar-refractivity contribution in [1.29, 1.82) is 0 Å². The van der Waals surface area contributed by atoms with Gasteiger partial charge in [-0.2, -0.15) is 0 Å². The van der Waals surface area contributed by atoms with Crippen LogP contribution in [0.25, 0.3) is 0 Å². The Bertz CT molecular complexity index is 287. The van der Waals surface area contributed by atoms with E-state index in [0.29, 0.717) is 0 Å². The van der Waals surface area contributed by atoms with E-state index in [-0.39, 0.29) is 18.4 Å². The number of hydrogen-bond acceptors (Lipinski definition) is 3. The summed E-state index contributed by atoms with van der Waals surface area (Å²) in [7, 11) is 0. The first-order chi connectivity index (χ1) is 6.06. The van der Waals surface area contributed by atoms with Crippen LogP contribution in [0, 0.1) is 13.8 Å². The summed E-state index contributed by atoms with van der Waals surface area (Å²) >= 11 is 0. The van der Waals surface area contributed by atoms with Crippen LogP contribution in [0.15, 0.2) is 12.1 Å². The van der Waals surface area contributed by atoms with Crippen LogP contribution in [0.2, 0.25) is 0 Å². The van der Waals surface area contributed by atoms with E-state index < -0.39 is 0 Å². The maximum absolute atomic E-state index is 9.27. The average Bonchev–Trinajstić information content (AvgIpc) is 2.02. The fraction of sp³-hybridized carbons (Fsp3) is 0.400. The summed E-state index contributed by atoms with van der Waals surface area (Å²) in [6, 6.07) is 2.94. The number of phenolic OH excluding ortho intramolecular Hbond substituents is 1. The van der Waals surface area contributed by atoms with Crippen LogP contribution in [-0.4, -0.2) is 16.8 Å². The van der Waals surface area contributed by atoms with Gasteiger partial charge in [0.1, 0.15) is 5.75 Å². The number of benzene rings is 1. The zero-order chi connectivity index (χ0) is 10.0. The van der Waals surface area contributed by atoms with Gasteiger partial charge in [0, 0.05) is 0 Å². The zero-order valence-corrected chi connectivity index (χ0v) is 7.91. The molecule has 4 N–H and O–H groups in total. The minimum atomic E-state index is -0.361. The highest BCUT2D eigenvalue weighted by molar-refractivity contribution is 5.42. The van der Waals surface area contributed by atoms with E-state index in [4.69, 9.17) is 10.8 Å². The average molecular weight is 181 g/mol. The quantitative estimate of drug-likeness (QED) is 0.637. The molecule has 3 nitrogen and oxygen atoms in total. The van der Waals surface area contributed by atoms with E-state index in [0.717, 1.165) is 16.7 Å². The van der Waals surface area contributed by atoms with E-state index in [9.17, 15) is 5.11 Å². The van der Waals surface area contributed by atoms with Crippen LogP contribution in [0.4, 0.5) is 0 Å². The third kappa shape index (κ3) is 1.99. The van der Waals surface area contributed by atoms with Crippen LogP contribution in [0.3, 0.4) is 0 Å². The van der Waals surface area contributed by atoms with Crippen molar-refractivity contribution in [2.75, 3.05) is 6.61 Å². The molecule has 0 aliphatic carbocycles. The van der Waals surface area contributed by atoms with Crippen molar-refractivity contribution in [3.05, 3.63) is 28.8 Å². The molecular weight excluding hydrogens is 166 g/mol. The van der Waals surface area contributed by atoms with Crippen LogP contribution >= 0.6 is 0 Å². The number of aliphatic hydroxyl groups is 1. The molecule has 0 saturated carbocycles. The smallest absolute Gasteiger partial charge is 0.116 e. The highest BCUT2D eigenvalue weighted by Gasteiger charge is 2.11. The van der Waals surface area contributed by atoms with Gasteiger partial charge >= 0.3 is 0 Å². The number of phenols is 1. The summed E-state index contributed by atoms with van der Waals surface area (Å²) in [6.07, 6.45) is 0. The molecule has 0 spiro atoms. The van der Waals surface area contributed by atoms with Crippen LogP contribution in [0.5, 0.6) is 5.75 Å². The Morgan fingerprint density at radius 1 is 1.31 bits per heavy atom. The minimum absolute atomic E-state index is 0.0769.